The maximum atomic E-state index is 12.6. The first-order valence-electron chi connectivity index (χ1n) is 8.59. The van der Waals surface area contributed by atoms with Crippen molar-refractivity contribution in [2.24, 2.45) is 5.92 Å². The Bertz CT molecular complexity index is 301. The molecule has 0 aliphatic carbocycles. The standard InChI is InChI=1S/C16H32N2O5/c1-3-14(2)15(17)16(19)18-4-6-20-8-10-22-12-13-23-11-9-21-7-5-18/h14-15H,3-13,17H2,1-2H3/p+1/t14-,15+/m0/s1. The lowest BCUT2D eigenvalue weighted by molar-refractivity contribution is -0.417. The molecule has 1 aliphatic heterocycles. The number of rotatable bonds is 3. The summed E-state index contributed by atoms with van der Waals surface area (Å²) in [6.07, 6.45) is 0.940. The molecule has 3 N–H and O–H groups in total. The Morgan fingerprint density at radius 1 is 0.913 bits per heavy atom. The van der Waals surface area contributed by atoms with Gasteiger partial charge in [-0.15, -0.1) is 0 Å². The number of carbonyl (C=O) groups excluding carboxylic acids is 1. The van der Waals surface area contributed by atoms with Crippen LogP contribution in [0.2, 0.25) is 0 Å². The van der Waals surface area contributed by atoms with Gasteiger partial charge in [0.1, 0.15) is 0 Å². The van der Waals surface area contributed by atoms with Crippen LogP contribution in [0.5, 0.6) is 0 Å². The summed E-state index contributed by atoms with van der Waals surface area (Å²) in [7, 11) is 0. The summed E-state index contributed by atoms with van der Waals surface area (Å²) < 4.78 is 21.8. The summed E-state index contributed by atoms with van der Waals surface area (Å²) in [6.45, 7) is 9.50. The van der Waals surface area contributed by atoms with Crippen molar-refractivity contribution in [1.82, 2.24) is 4.90 Å². The number of quaternary nitrogens is 1. The third-order valence-corrected chi connectivity index (χ3v) is 4.09. The van der Waals surface area contributed by atoms with E-state index in [0.717, 1.165) is 6.42 Å². The first-order chi connectivity index (χ1) is 11.2. The highest BCUT2D eigenvalue weighted by molar-refractivity contribution is 5.80. The number of ether oxygens (including phenoxy) is 4. The van der Waals surface area contributed by atoms with Crippen LogP contribution in [0, 0.1) is 5.92 Å². The zero-order valence-corrected chi connectivity index (χ0v) is 14.6. The largest absolute Gasteiger partial charge is 0.377 e. The number of hydrogen-bond acceptors (Lipinski definition) is 5. The normalized spacial score (nSPS) is 22.7. The van der Waals surface area contributed by atoms with Gasteiger partial charge in [-0.05, 0) is 6.42 Å². The molecule has 7 nitrogen and oxygen atoms in total. The molecule has 1 heterocycles. The van der Waals surface area contributed by atoms with Gasteiger partial charge in [-0.1, -0.05) is 13.8 Å². The van der Waals surface area contributed by atoms with E-state index in [1.807, 2.05) is 0 Å². The van der Waals surface area contributed by atoms with Crippen LogP contribution in [-0.2, 0) is 23.7 Å². The van der Waals surface area contributed by atoms with Gasteiger partial charge in [0.05, 0.1) is 52.9 Å². The zero-order chi connectivity index (χ0) is 16.9. The van der Waals surface area contributed by atoms with Crippen molar-refractivity contribution in [3.63, 3.8) is 0 Å². The van der Waals surface area contributed by atoms with Crippen LogP contribution in [0.4, 0.5) is 0 Å². The maximum Gasteiger partial charge on any atom is 0.281 e. The number of carbonyl (C=O) groups is 1. The van der Waals surface area contributed by atoms with Crippen molar-refractivity contribution < 1.29 is 29.5 Å². The Morgan fingerprint density at radius 3 is 1.70 bits per heavy atom. The Balaban J connectivity index is 2.49. The van der Waals surface area contributed by atoms with E-state index in [4.69, 9.17) is 18.9 Å². The van der Waals surface area contributed by atoms with Crippen LogP contribution in [-0.4, -0.2) is 82.8 Å². The van der Waals surface area contributed by atoms with Crippen LogP contribution in [0.1, 0.15) is 20.3 Å². The third kappa shape index (κ3) is 8.62. The summed E-state index contributed by atoms with van der Waals surface area (Å²) in [6, 6.07) is -0.228. The fraction of sp³-hybridized carbons (Fsp3) is 0.938. The monoisotopic (exact) mass is 333 g/mol. The molecule has 0 bridgehead atoms. The van der Waals surface area contributed by atoms with Crippen molar-refractivity contribution in [2.75, 3.05) is 65.9 Å². The van der Waals surface area contributed by atoms with E-state index >= 15 is 0 Å². The molecule has 0 radical (unpaired) electrons. The molecular formula is C16H33N2O5+. The van der Waals surface area contributed by atoms with Crippen molar-refractivity contribution in [3.8, 4) is 0 Å². The second kappa shape index (κ2) is 12.7. The van der Waals surface area contributed by atoms with Crippen molar-refractivity contribution in [3.05, 3.63) is 0 Å². The first-order valence-corrected chi connectivity index (χ1v) is 8.59. The van der Waals surface area contributed by atoms with Crippen molar-refractivity contribution in [2.45, 2.75) is 26.3 Å². The van der Waals surface area contributed by atoms with Crippen molar-refractivity contribution in [1.29, 1.82) is 0 Å². The average Bonchev–Trinajstić information content (AvgIpc) is 2.58. The highest BCUT2D eigenvalue weighted by Gasteiger charge is 2.28. The van der Waals surface area contributed by atoms with E-state index in [2.05, 4.69) is 19.6 Å². The predicted octanol–water partition coefficient (Wildman–Crippen LogP) is -0.448. The van der Waals surface area contributed by atoms with E-state index in [1.54, 1.807) is 4.90 Å². The topological polar surface area (TPSA) is 84.9 Å². The zero-order valence-electron chi connectivity index (χ0n) is 14.6. The third-order valence-electron chi connectivity index (χ3n) is 4.09. The minimum absolute atomic E-state index is 0.0726. The lowest BCUT2D eigenvalue weighted by Gasteiger charge is -2.26. The van der Waals surface area contributed by atoms with Crippen LogP contribution < -0.4 is 5.73 Å². The first kappa shape index (κ1) is 20.3. The average molecular weight is 333 g/mol. The SMILES string of the molecule is CC[C@H](C)[C@@H]([NH3+])C(=O)N1CCOCCOCCOCCOCC1. The van der Waals surface area contributed by atoms with Crippen LogP contribution in [0.15, 0.2) is 0 Å². The molecule has 0 aromatic heterocycles. The highest BCUT2D eigenvalue weighted by Crippen LogP contribution is 2.07. The molecule has 2 atom stereocenters. The fourth-order valence-electron chi connectivity index (χ4n) is 2.21. The van der Waals surface area contributed by atoms with Gasteiger partial charge >= 0.3 is 0 Å². The molecule has 1 aliphatic rings. The molecule has 1 fully saturated rings. The van der Waals surface area contributed by atoms with Gasteiger partial charge in [0, 0.05) is 19.0 Å². The van der Waals surface area contributed by atoms with Crippen LogP contribution >= 0.6 is 0 Å². The van der Waals surface area contributed by atoms with Gasteiger partial charge in [0.25, 0.3) is 5.91 Å². The van der Waals surface area contributed by atoms with E-state index < -0.39 is 0 Å². The van der Waals surface area contributed by atoms with Gasteiger partial charge in [-0.3, -0.25) is 4.79 Å². The lowest BCUT2D eigenvalue weighted by atomic mass is 9.99. The molecule has 0 saturated carbocycles. The lowest BCUT2D eigenvalue weighted by Crippen LogP contribution is -2.70. The summed E-state index contributed by atoms with van der Waals surface area (Å²) >= 11 is 0. The summed E-state index contributed by atoms with van der Waals surface area (Å²) in [4.78, 5) is 14.4. The van der Waals surface area contributed by atoms with E-state index in [1.165, 1.54) is 0 Å². The minimum Gasteiger partial charge on any atom is -0.377 e. The molecule has 0 aromatic rings. The van der Waals surface area contributed by atoms with Gasteiger partial charge in [0.2, 0.25) is 0 Å². The minimum atomic E-state index is -0.228. The Kier molecular flexibility index (Phi) is 11.2. The second-order valence-electron chi connectivity index (χ2n) is 5.77. The van der Waals surface area contributed by atoms with Gasteiger partial charge in [0.15, 0.2) is 6.04 Å². The maximum absolute atomic E-state index is 12.6. The fourth-order valence-corrected chi connectivity index (χ4v) is 2.21. The van der Waals surface area contributed by atoms with Crippen LogP contribution in [0.25, 0.3) is 0 Å². The van der Waals surface area contributed by atoms with E-state index in [-0.39, 0.29) is 17.9 Å². The molecule has 136 valence electrons. The van der Waals surface area contributed by atoms with Crippen LogP contribution in [0.3, 0.4) is 0 Å². The summed E-state index contributed by atoms with van der Waals surface area (Å²) in [5.41, 5.74) is 4.04. The molecule has 0 unspecified atom stereocenters. The summed E-state index contributed by atoms with van der Waals surface area (Å²) in [5.74, 6) is 0.339. The number of hydrogen-bond donors (Lipinski definition) is 1. The van der Waals surface area contributed by atoms with Gasteiger partial charge < -0.3 is 29.6 Å². The summed E-state index contributed by atoms with van der Waals surface area (Å²) in [5, 5.41) is 0. The molecule has 1 amide bonds. The second-order valence-corrected chi connectivity index (χ2v) is 5.77. The Hall–Kier alpha value is -0.730. The Labute approximate surface area is 139 Å². The van der Waals surface area contributed by atoms with Crippen molar-refractivity contribution >= 4 is 5.91 Å². The van der Waals surface area contributed by atoms with Gasteiger partial charge in [-0.2, -0.15) is 0 Å². The van der Waals surface area contributed by atoms with E-state index in [0.29, 0.717) is 65.9 Å². The molecule has 23 heavy (non-hydrogen) atoms. The van der Waals surface area contributed by atoms with Gasteiger partial charge in [-0.25, -0.2) is 0 Å². The molecule has 0 spiro atoms. The molecule has 7 heteroatoms. The molecule has 0 aromatic carbocycles. The number of nitrogens with zero attached hydrogens (tertiary/aromatic N) is 1. The Morgan fingerprint density at radius 2 is 1.30 bits per heavy atom. The quantitative estimate of drug-likeness (QED) is 0.756. The predicted molar refractivity (Wildman–Crippen MR) is 86.0 cm³/mol. The molecule has 1 saturated heterocycles. The number of amides is 1. The molecular weight excluding hydrogens is 300 g/mol. The smallest absolute Gasteiger partial charge is 0.281 e. The molecule has 1 rings (SSSR count). The highest BCUT2D eigenvalue weighted by atomic mass is 16.6. The van der Waals surface area contributed by atoms with E-state index in [9.17, 15) is 4.79 Å².